The maximum absolute atomic E-state index is 11.8. The van der Waals surface area contributed by atoms with Gasteiger partial charge in [-0.2, -0.15) is 4.57 Å². The minimum absolute atomic E-state index is 0.391. The number of nitrogens with zero attached hydrogens (tertiary/aromatic N) is 2. The van der Waals surface area contributed by atoms with Crippen LogP contribution in [0.15, 0.2) is 23.7 Å². The topological polar surface area (TPSA) is 43.1 Å². The Morgan fingerprint density at radius 3 is 3.00 bits per heavy atom. The van der Waals surface area contributed by atoms with Gasteiger partial charge in [0, 0.05) is 5.39 Å². The summed E-state index contributed by atoms with van der Waals surface area (Å²) in [5.41, 5.74) is 3.85. The highest BCUT2D eigenvalue weighted by atomic mass is 35.5. The van der Waals surface area contributed by atoms with Gasteiger partial charge in [-0.05, 0) is 6.07 Å². The van der Waals surface area contributed by atoms with Crippen LogP contribution < -0.4 is 4.57 Å². The first-order valence-corrected chi connectivity index (χ1v) is 6.82. The van der Waals surface area contributed by atoms with Crippen LogP contribution in [0.4, 0.5) is 0 Å². The molecule has 0 amide bonds. The lowest BCUT2D eigenvalue weighted by Gasteiger charge is -2.04. The molecule has 0 spiro atoms. The predicted molar refractivity (Wildman–Crippen MR) is 74.7 cm³/mol. The first-order valence-electron chi connectivity index (χ1n) is 5.57. The maximum Gasteiger partial charge on any atom is 0.340 e. The van der Waals surface area contributed by atoms with Gasteiger partial charge in [0.25, 0.3) is 5.52 Å². The number of ether oxygens (including phenoxy) is 1. The molecule has 0 aliphatic carbocycles. The number of benzene rings is 1. The Kier molecular flexibility index (Phi) is 2.88. The number of pyridine rings is 1. The van der Waals surface area contributed by atoms with Crippen molar-refractivity contribution >= 4 is 50.0 Å². The van der Waals surface area contributed by atoms with E-state index in [4.69, 9.17) is 16.3 Å². The molecule has 2 heterocycles. The number of para-hydroxylation sites is 1. The number of aryl methyl sites for hydroxylation is 1. The molecule has 0 atom stereocenters. The van der Waals surface area contributed by atoms with Crippen molar-refractivity contribution in [2.24, 2.45) is 7.05 Å². The van der Waals surface area contributed by atoms with Crippen LogP contribution in [-0.4, -0.2) is 18.1 Å². The van der Waals surface area contributed by atoms with Crippen LogP contribution in [0.25, 0.3) is 21.1 Å². The van der Waals surface area contributed by atoms with Crippen LogP contribution in [0.3, 0.4) is 0 Å². The number of fused-ring (bicyclic) bond motifs is 3. The molecular weight excluding hydrogens is 284 g/mol. The number of hydrogen-bond donors (Lipinski definition) is 0. The third kappa shape index (κ3) is 1.77. The molecular formula is C13H10ClN2O2S+. The van der Waals surface area contributed by atoms with Gasteiger partial charge < -0.3 is 4.74 Å². The molecule has 96 valence electrons. The van der Waals surface area contributed by atoms with Crippen LogP contribution in [0.5, 0.6) is 0 Å². The average molecular weight is 294 g/mol. The molecule has 0 aliphatic rings. The summed E-state index contributed by atoms with van der Waals surface area (Å²) >= 11 is 7.80. The molecule has 3 rings (SSSR count). The summed E-state index contributed by atoms with van der Waals surface area (Å²) in [6, 6.07) is 5.45. The fourth-order valence-electron chi connectivity index (χ4n) is 2.10. The van der Waals surface area contributed by atoms with Crippen molar-refractivity contribution in [3.05, 3.63) is 34.4 Å². The lowest BCUT2D eigenvalue weighted by molar-refractivity contribution is -0.640. The number of carbonyl (C=O) groups excluding carboxylic acids is 1. The van der Waals surface area contributed by atoms with Crippen LogP contribution in [-0.2, 0) is 11.8 Å². The summed E-state index contributed by atoms with van der Waals surface area (Å²) in [6.07, 6.45) is 0. The van der Waals surface area contributed by atoms with Crippen molar-refractivity contribution in [2.75, 3.05) is 7.11 Å². The number of methoxy groups -OCH3 is 1. The predicted octanol–water partition coefficient (Wildman–Crippen LogP) is 2.71. The third-order valence-corrected chi connectivity index (χ3v) is 4.32. The van der Waals surface area contributed by atoms with E-state index in [0.717, 1.165) is 15.6 Å². The Morgan fingerprint density at radius 2 is 2.26 bits per heavy atom. The van der Waals surface area contributed by atoms with Gasteiger partial charge in [-0.1, -0.05) is 35.1 Å². The minimum atomic E-state index is -0.408. The molecule has 2 aromatic heterocycles. The van der Waals surface area contributed by atoms with Crippen molar-refractivity contribution in [3.63, 3.8) is 0 Å². The molecule has 0 unspecified atom stereocenters. The second-order valence-corrected chi connectivity index (χ2v) is 5.32. The lowest BCUT2D eigenvalue weighted by Crippen LogP contribution is -2.25. The Hall–Kier alpha value is -1.72. The second-order valence-electron chi connectivity index (χ2n) is 4.11. The van der Waals surface area contributed by atoms with Crippen LogP contribution >= 0.6 is 22.9 Å². The molecule has 3 aromatic rings. The van der Waals surface area contributed by atoms with Crippen molar-refractivity contribution in [1.29, 1.82) is 0 Å². The number of esters is 1. The fraction of sp³-hybridized carbons (Fsp3) is 0.154. The fourth-order valence-corrected chi connectivity index (χ4v) is 3.48. The molecule has 0 fully saturated rings. The highest BCUT2D eigenvalue weighted by Gasteiger charge is 2.21. The van der Waals surface area contributed by atoms with Crippen LogP contribution in [0, 0.1) is 0 Å². The standard InChI is InChI=1S/C13H10ClN2O2S/c1-16-6-19-11-7-4-3-5-8(13(17)18-2)9(7)15-12(14)10(11)16/h3-6H,1-2H3/q+1. The Morgan fingerprint density at radius 1 is 1.47 bits per heavy atom. The zero-order valence-electron chi connectivity index (χ0n) is 10.3. The van der Waals surface area contributed by atoms with E-state index in [1.165, 1.54) is 7.11 Å². The molecule has 6 heteroatoms. The first kappa shape index (κ1) is 12.3. The van der Waals surface area contributed by atoms with Gasteiger partial charge in [0.05, 0.1) is 18.2 Å². The van der Waals surface area contributed by atoms with Gasteiger partial charge in [0.15, 0.2) is 0 Å². The summed E-state index contributed by atoms with van der Waals surface area (Å²) in [5.74, 6) is -0.408. The van der Waals surface area contributed by atoms with E-state index >= 15 is 0 Å². The van der Waals surface area contributed by atoms with E-state index in [2.05, 4.69) is 4.98 Å². The van der Waals surface area contributed by atoms with Crippen molar-refractivity contribution in [1.82, 2.24) is 4.98 Å². The highest BCUT2D eigenvalue weighted by molar-refractivity contribution is 7.17. The number of aromatic nitrogens is 2. The van der Waals surface area contributed by atoms with Gasteiger partial charge in [0.2, 0.25) is 10.7 Å². The van der Waals surface area contributed by atoms with E-state index < -0.39 is 5.97 Å². The van der Waals surface area contributed by atoms with Gasteiger partial charge in [-0.25, -0.2) is 9.78 Å². The average Bonchev–Trinajstić information content (AvgIpc) is 2.80. The van der Waals surface area contributed by atoms with E-state index in [0.29, 0.717) is 16.2 Å². The summed E-state index contributed by atoms with van der Waals surface area (Å²) < 4.78 is 7.72. The van der Waals surface area contributed by atoms with E-state index in [1.807, 2.05) is 29.3 Å². The highest BCUT2D eigenvalue weighted by Crippen LogP contribution is 2.31. The molecule has 0 bridgehead atoms. The monoisotopic (exact) mass is 293 g/mol. The normalized spacial score (nSPS) is 11.1. The molecule has 4 nitrogen and oxygen atoms in total. The van der Waals surface area contributed by atoms with Crippen molar-refractivity contribution < 1.29 is 14.1 Å². The summed E-state index contributed by atoms with van der Waals surface area (Å²) in [4.78, 5) is 16.1. The van der Waals surface area contributed by atoms with Gasteiger partial charge in [-0.15, -0.1) is 0 Å². The molecule has 0 saturated carbocycles. The number of rotatable bonds is 1. The second kappa shape index (κ2) is 4.43. The van der Waals surface area contributed by atoms with Gasteiger partial charge >= 0.3 is 5.97 Å². The number of thiazole rings is 1. The summed E-state index contributed by atoms with van der Waals surface area (Å²) in [5, 5.41) is 1.30. The van der Waals surface area contributed by atoms with Crippen molar-refractivity contribution in [2.45, 2.75) is 0 Å². The third-order valence-electron chi connectivity index (χ3n) is 2.99. The molecule has 19 heavy (non-hydrogen) atoms. The van der Waals surface area contributed by atoms with E-state index in [1.54, 1.807) is 17.4 Å². The molecule has 0 N–H and O–H groups in total. The summed E-state index contributed by atoms with van der Waals surface area (Å²) in [7, 11) is 3.27. The smallest absolute Gasteiger partial charge is 0.340 e. The first-order chi connectivity index (χ1) is 9.13. The molecule has 0 aliphatic heterocycles. The van der Waals surface area contributed by atoms with E-state index in [-0.39, 0.29) is 0 Å². The minimum Gasteiger partial charge on any atom is -0.465 e. The molecule has 0 radical (unpaired) electrons. The number of carbonyl (C=O) groups is 1. The maximum atomic E-state index is 11.8. The molecule has 0 saturated heterocycles. The van der Waals surface area contributed by atoms with Crippen molar-refractivity contribution in [3.8, 4) is 0 Å². The largest absolute Gasteiger partial charge is 0.465 e. The Bertz CT molecular complexity index is 813. The van der Waals surface area contributed by atoms with Gasteiger partial charge in [-0.3, -0.25) is 0 Å². The lowest BCUT2D eigenvalue weighted by atomic mass is 10.1. The van der Waals surface area contributed by atoms with Crippen LogP contribution in [0.1, 0.15) is 10.4 Å². The SMILES string of the molecule is COC(=O)c1cccc2c1nc(Cl)c1c2sc[n+]1C. The Labute approximate surface area is 118 Å². The Balaban J connectivity index is 2.49. The van der Waals surface area contributed by atoms with E-state index in [9.17, 15) is 4.79 Å². The quantitative estimate of drug-likeness (QED) is 0.394. The number of halogens is 1. The molecule has 1 aromatic carbocycles. The number of hydrogen-bond acceptors (Lipinski definition) is 4. The van der Waals surface area contributed by atoms with Gasteiger partial charge in [0.1, 0.15) is 11.7 Å². The summed E-state index contributed by atoms with van der Waals surface area (Å²) in [6.45, 7) is 0. The van der Waals surface area contributed by atoms with Crippen LogP contribution in [0.2, 0.25) is 5.15 Å². The zero-order chi connectivity index (χ0) is 13.6. The zero-order valence-corrected chi connectivity index (χ0v) is 11.9.